The van der Waals surface area contributed by atoms with Crippen molar-refractivity contribution in [1.29, 1.82) is 5.41 Å². The predicted molar refractivity (Wildman–Crippen MR) is 235 cm³/mol. The van der Waals surface area contributed by atoms with Crippen molar-refractivity contribution in [3.05, 3.63) is 212 Å². The first-order chi connectivity index (χ1) is 27.7. The van der Waals surface area contributed by atoms with Gasteiger partial charge in [-0.1, -0.05) is 91.0 Å². The van der Waals surface area contributed by atoms with Crippen LogP contribution in [0.2, 0.25) is 0 Å². The molecule has 0 spiro atoms. The second-order valence-electron chi connectivity index (χ2n) is 13.9. The van der Waals surface area contributed by atoms with Gasteiger partial charge in [-0.05, 0) is 120 Å². The zero-order valence-electron chi connectivity index (χ0n) is 30.5. The Balaban J connectivity index is 1.05. The van der Waals surface area contributed by atoms with Crippen LogP contribution in [0.4, 0.5) is 28.4 Å². The van der Waals surface area contributed by atoms with Crippen LogP contribution < -0.4 is 10.2 Å². The quantitative estimate of drug-likeness (QED) is 0.146. The van der Waals surface area contributed by atoms with E-state index in [0.717, 1.165) is 78.3 Å². The van der Waals surface area contributed by atoms with Crippen LogP contribution in [0.3, 0.4) is 0 Å². The molecule has 5 nitrogen and oxygen atoms in total. The fourth-order valence-electron chi connectivity index (χ4n) is 8.00. The summed E-state index contributed by atoms with van der Waals surface area (Å²) in [7, 11) is 0. The third-order valence-electron chi connectivity index (χ3n) is 10.6. The summed E-state index contributed by atoms with van der Waals surface area (Å²) in [5.74, 6) is 0. The van der Waals surface area contributed by atoms with E-state index in [2.05, 4.69) is 201 Å². The van der Waals surface area contributed by atoms with Gasteiger partial charge in [-0.2, -0.15) is 0 Å². The van der Waals surface area contributed by atoms with Gasteiger partial charge in [0, 0.05) is 73.9 Å². The third-order valence-corrected chi connectivity index (χ3v) is 10.6. The second kappa shape index (κ2) is 14.0. The largest absolute Gasteiger partial charge is 0.355 e. The van der Waals surface area contributed by atoms with Crippen LogP contribution >= 0.6 is 0 Å². The Morgan fingerprint density at radius 1 is 0.482 bits per heavy atom. The lowest BCUT2D eigenvalue weighted by molar-refractivity contribution is 1.13. The number of hydrogen-bond acceptors (Lipinski definition) is 3. The summed E-state index contributed by atoms with van der Waals surface area (Å²) in [6.45, 7) is 0. The van der Waals surface area contributed by atoms with E-state index in [4.69, 9.17) is 5.41 Å². The zero-order valence-corrected chi connectivity index (χ0v) is 30.5. The molecular formula is C51H37N5. The Morgan fingerprint density at radius 3 is 1.70 bits per heavy atom. The SMILES string of the molecule is N=Cc1c(Nc2ccc(N(c3ccccc3)c3ccccc3)cc2)ccc2c3cc(-c4ccc5c(ccn5-c5ccccc5)c4)ccc3n(-c3ccccc3)c12. The van der Waals surface area contributed by atoms with Gasteiger partial charge in [-0.3, -0.25) is 0 Å². The van der Waals surface area contributed by atoms with Gasteiger partial charge in [0.1, 0.15) is 0 Å². The number of nitrogens with zero attached hydrogens (tertiary/aromatic N) is 3. The molecule has 0 amide bonds. The maximum Gasteiger partial charge on any atom is 0.0649 e. The highest BCUT2D eigenvalue weighted by Crippen LogP contribution is 2.40. The Morgan fingerprint density at radius 2 is 1.05 bits per heavy atom. The fraction of sp³-hybridized carbons (Fsp3) is 0. The molecule has 0 saturated carbocycles. The van der Waals surface area contributed by atoms with Crippen molar-refractivity contribution < 1.29 is 0 Å². The van der Waals surface area contributed by atoms with Crippen LogP contribution in [0.1, 0.15) is 5.56 Å². The highest BCUT2D eigenvalue weighted by Gasteiger charge is 2.19. The average Bonchev–Trinajstić information content (AvgIpc) is 3.84. The molecule has 56 heavy (non-hydrogen) atoms. The molecule has 10 aromatic rings. The molecular weight excluding hydrogens is 683 g/mol. The van der Waals surface area contributed by atoms with E-state index in [1.807, 2.05) is 24.3 Å². The van der Waals surface area contributed by atoms with Gasteiger partial charge in [0.05, 0.1) is 16.6 Å². The minimum atomic E-state index is 0.826. The Hall–Kier alpha value is -7.63. The predicted octanol–water partition coefficient (Wildman–Crippen LogP) is 13.6. The second-order valence-corrected chi connectivity index (χ2v) is 13.9. The normalized spacial score (nSPS) is 11.3. The van der Waals surface area contributed by atoms with E-state index in [1.54, 1.807) is 0 Å². The molecule has 10 rings (SSSR count). The number of fused-ring (bicyclic) bond motifs is 4. The number of rotatable bonds is 9. The standard InChI is InChI=1S/C51H37N5/c52-35-47-48(53-39-23-25-44(26-24-39)55(41-15-7-2-8-16-41)42-17-9-3-10-18-42)28-27-45-46-34-37(22-30-50(46)56(51(45)47)43-19-11-4-12-20-43)36-21-29-49-38(33-36)31-32-54(49)40-13-5-1-6-14-40/h1-35,52-53H. The van der Waals surface area contributed by atoms with Gasteiger partial charge in [0.15, 0.2) is 0 Å². The van der Waals surface area contributed by atoms with Gasteiger partial charge in [-0.25, -0.2) is 0 Å². The van der Waals surface area contributed by atoms with Crippen LogP contribution in [0.25, 0.3) is 55.2 Å². The van der Waals surface area contributed by atoms with Gasteiger partial charge in [0.25, 0.3) is 0 Å². The number of hydrogen-bond donors (Lipinski definition) is 2. The smallest absolute Gasteiger partial charge is 0.0649 e. The Kier molecular flexibility index (Phi) is 8.23. The zero-order chi connectivity index (χ0) is 37.4. The van der Waals surface area contributed by atoms with Crippen molar-refractivity contribution in [3.63, 3.8) is 0 Å². The lowest BCUT2D eigenvalue weighted by Crippen LogP contribution is -2.09. The highest BCUT2D eigenvalue weighted by molar-refractivity contribution is 6.17. The number of aromatic nitrogens is 2. The maximum absolute atomic E-state index is 8.78. The molecule has 0 aliphatic rings. The molecule has 266 valence electrons. The first-order valence-corrected chi connectivity index (χ1v) is 18.8. The lowest BCUT2D eigenvalue weighted by Gasteiger charge is -2.25. The fourth-order valence-corrected chi connectivity index (χ4v) is 8.00. The molecule has 8 aromatic carbocycles. The molecule has 2 heterocycles. The molecule has 0 radical (unpaired) electrons. The first-order valence-electron chi connectivity index (χ1n) is 18.8. The van der Waals surface area contributed by atoms with Gasteiger partial charge < -0.3 is 24.8 Å². The number of para-hydroxylation sites is 4. The summed E-state index contributed by atoms with van der Waals surface area (Å²) >= 11 is 0. The van der Waals surface area contributed by atoms with E-state index >= 15 is 0 Å². The van der Waals surface area contributed by atoms with Crippen molar-refractivity contribution in [2.24, 2.45) is 0 Å². The van der Waals surface area contributed by atoms with Crippen LogP contribution in [-0.2, 0) is 0 Å². The third kappa shape index (κ3) is 5.79. The van der Waals surface area contributed by atoms with Crippen molar-refractivity contribution in [2.75, 3.05) is 10.2 Å². The number of anilines is 5. The minimum Gasteiger partial charge on any atom is -0.355 e. The average molecular weight is 720 g/mol. The van der Waals surface area contributed by atoms with E-state index in [9.17, 15) is 0 Å². The lowest BCUT2D eigenvalue weighted by atomic mass is 10.0. The summed E-state index contributed by atoms with van der Waals surface area (Å²) < 4.78 is 4.53. The summed E-state index contributed by atoms with van der Waals surface area (Å²) in [6, 6.07) is 70.2. The van der Waals surface area contributed by atoms with E-state index in [1.165, 1.54) is 17.1 Å². The van der Waals surface area contributed by atoms with Crippen LogP contribution in [0.15, 0.2) is 206 Å². The molecule has 0 aliphatic carbocycles. The summed E-state index contributed by atoms with van der Waals surface area (Å²) in [4.78, 5) is 2.25. The summed E-state index contributed by atoms with van der Waals surface area (Å²) in [5, 5.41) is 15.9. The summed E-state index contributed by atoms with van der Waals surface area (Å²) in [6.07, 6.45) is 3.62. The van der Waals surface area contributed by atoms with E-state index in [-0.39, 0.29) is 0 Å². The van der Waals surface area contributed by atoms with Gasteiger partial charge in [0.2, 0.25) is 0 Å². The van der Waals surface area contributed by atoms with Gasteiger partial charge >= 0.3 is 0 Å². The first kappa shape index (κ1) is 33.0. The van der Waals surface area contributed by atoms with Crippen LogP contribution in [-0.4, -0.2) is 15.3 Å². The number of nitrogens with one attached hydrogen (secondary N) is 2. The van der Waals surface area contributed by atoms with E-state index < -0.39 is 0 Å². The molecule has 0 atom stereocenters. The monoisotopic (exact) mass is 719 g/mol. The molecule has 5 heteroatoms. The number of benzene rings is 8. The summed E-state index contributed by atoms with van der Waals surface area (Å²) in [5.41, 5.74) is 13.7. The highest BCUT2D eigenvalue weighted by atomic mass is 15.1. The van der Waals surface area contributed by atoms with E-state index in [0.29, 0.717) is 0 Å². The molecule has 0 bridgehead atoms. The Bertz CT molecular complexity index is 2940. The van der Waals surface area contributed by atoms with Crippen molar-refractivity contribution in [1.82, 2.24) is 9.13 Å². The molecule has 2 N–H and O–H groups in total. The molecule has 0 unspecified atom stereocenters. The molecule has 0 saturated heterocycles. The molecule has 2 aromatic heterocycles. The molecule has 0 aliphatic heterocycles. The van der Waals surface area contributed by atoms with Crippen LogP contribution in [0.5, 0.6) is 0 Å². The molecule has 0 fully saturated rings. The van der Waals surface area contributed by atoms with Crippen molar-refractivity contribution in [2.45, 2.75) is 0 Å². The topological polar surface area (TPSA) is 49.0 Å². The van der Waals surface area contributed by atoms with Crippen molar-refractivity contribution in [3.8, 4) is 22.5 Å². The minimum absolute atomic E-state index is 0.826. The van der Waals surface area contributed by atoms with Crippen molar-refractivity contribution >= 4 is 67.4 Å². The Labute approximate surface area is 325 Å². The van der Waals surface area contributed by atoms with Gasteiger partial charge in [-0.15, -0.1) is 0 Å². The van der Waals surface area contributed by atoms with Crippen LogP contribution in [0, 0.1) is 5.41 Å². The maximum atomic E-state index is 8.78.